The topological polar surface area (TPSA) is 18.5 Å². The molecule has 0 aromatic carbocycles. The smallest absolute Gasteiger partial charge is 0.0602 e. The zero-order valence-corrected chi connectivity index (χ0v) is 26.5. The largest absolute Gasteiger partial charge is 0.376 e. The molecule has 200 valence electrons. The first-order valence-electron chi connectivity index (χ1n) is 13.1. The molecule has 2 heteroatoms. The van der Waals surface area contributed by atoms with Crippen LogP contribution < -0.4 is 0 Å². The van der Waals surface area contributed by atoms with Gasteiger partial charge in [0.1, 0.15) is 0 Å². The third-order valence-corrected chi connectivity index (χ3v) is 5.39. The third kappa shape index (κ3) is 40.3. The molecule has 0 saturated carbocycles. The van der Waals surface area contributed by atoms with Crippen molar-refractivity contribution in [3.05, 3.63) is 0 Å². The van der Waals surface area contributed by atoms with Gasteiger partial charge in [-0.1, -0.05) is 90.0 Å². The lowest BCUT2D eigenvalue weighted by atomic mass is 9.84. The fourth-order valence-corrected chi connectivity index (χ4v) is 1.11. The molecule has 2 nitrogen and oxygen atoms in total. The normalized spacial score (nSPS) is 13.4. The van der Waals surface area contributed by atoms with E-state index in [1.165, 1.54) is 0 Å². The zero-order chi connectivity index (χ0) is 27.1. The Morgan fingerprint density at radius 3 is 0.875 bits per heavy atom. The second-order valence-electron chi connectivity index (χ2n) is 14.0. The highest BCUT2D eigenvalue weighted by atomic mass is 16.5. The molecule has 0 rings (SSSR count). The first-order chi connectivity index (χ1) is 13.8. The minimum absolute atomic E-state index is 0.00366. The standard InChI is InChI=1S/C9H20O.C8H18O.C7H16.C6H14/c1-7(2)8(3)10-9(4,5)6;1-7(2)6-9-8(3,4)5;1-6(2)7(3,4)5;1-5(2)6(3)4/h7-8H,1-6H3;7H,6H2,1-5H3;6H,1-5H3;5-6H,1-4H3. The van der Waals surface area contributed by atoms with Gasteiger partial charge in [0.05, 0.1) is 17.3 Å². The van der Waals surface area contributed by atoms with Crippen molar-refractivity contribution in [1.82, 2.24) is 0 Å². The van der Waals surface area contributed by atoms with Gasteiger partial charge in [-0.2, -0.15) is 0 Å². The molecule has 1 atom stereocenters. The van der Waals surface area contributed by atoms with Gasteiger partial charge >= 0.3 is 0 Å². The fraction of sp³-hybridized carbons (Fsp3) is 1.00. The van der Waals surface area contributed by atoms with Crippen LogP contribution in [-0.2, 0) is 9.47 Å². The molecule has 0 aliphatic heterocycles. The van der Waals surface area contributed by atoms with Gasteiger partial charge in [0.25, 0.3) is 0 Å². The predicted octanol–water partition coefficient (Wildman–Crippen LogP) is 10.3. The lowest BCUT2D eigenvalue weighted by molar-refractivity contribution is -0.0698. The lowest BCUT2D eigenvalue weighted by Crippen LogP contribution is -2.28. The van der Waals surface area contributed by atoms with Crippen molar-refractivity contribution in [3.63, 3.8) is 0 Å². The Labute approximate surface area is 207 Å². The van der Waals surface area contributed by atoms with Crippen molar-refractivity contribution in [2.75, 3.05) is 6.61 Å². The summed E-state index contributed by atoms with van der Waals surface area (Å²) in [4.78, 5) is 0. The molecule has 0 saturated heterocycles. The molecular formula is C30H68O2. The van der Waals surface area contributed by atoms with E-state index in [-0.39, 0.29) is 11.2 Å². The molecule has 0 aliphatic rings. The Morgan fingerprint density at radius 2 is 0.812 bits per heavy atom. The van der Waals surface area contributed by atoms with Crippen molar-refractivity contribution in [1.29, 1.82) is 0 Å². The van der Waals surface area contributed by atoms with Crippen LogP contribution in [-0.4, -0.2) is 23.9 Å². The molecule has 1 unspecified atom stereocenters. The second kappa shape index (κ2) is 18.3. The molecule has 0 aromatic heterocycles. The number of ether oxygens (including phenoxy) is 2. The van der Waals surface area contributed by atoms with Gasteiger partial charge in [0.15, 0.2) is 0 Å². The molecule has 0 N–H and O–H groups in total. The summed E-state index contributed by atoms with van der Waals surface area (Å²) in [6, 6.07) is 0. The van der Waals surface area contributed by atoms with Crippen molar-refractivity contribution >= 4 is 0 Å². The average molecular weight is 461 g/mol. The van der Waals surface area contributed by atoms with Crippen molar-refractivity contribution in [2.45, 2.75) is 156 Å². The van der Waals surface area contributed by atoms with Crippen LogP contribution in [0.2, 0.25) is 0 Å². The van der Waals surface area contributed by atoms with E-state index in [1.807, 2.05) is 0 Å². The van der Waals surface area contributed by atoms with E-state index >= 15 is 0 Å². The van der Waals surface area contributed by atoms with Crippen LogP contribution in [0.4, 0.5) is 0 Å². The molecule has 32 heavy (non-hydrogen) atoms. The second-order valence-corrected chi connectivity index (χ2v) is 14.0. The molecule has 0 heterocycles. The molecule has 0 amide bonds. The number of hydrogen-bond donors (Lipinski definition) is 0. The minimum atomic E-state index is 0.00366. The zero-order valence-electron chi connectivity index (χ0n) is 26.5. The van der Waals surface area contributed by atoms with E-state index in [4.69, 9.17) is 9.47 Å². The summed E-state index contributed by atoms with van der Waals surface area (Å²) in [5, 5.41) is 0. The number of rotatable bonds is 5. The molecule has 0 fully saturated rings. The third-order valence-electron chi connectivity index (χ3n) is 5.39. The maximum Gasteiger partial charge on any atom is 0.0602 e. The highest BCUT2D eigenvalue weighted by Gasteiger charge is 2.17. The summed E-state index contributed by atoms with van der Waals surface area (Å²) in [5.41, 5.74) is 0.536. The first-order valence-corrected chi connectivity index (χ1v) is 13.1. The van der Waals surface area contributed by atoms with Crippen LogP contribution in [0.15, 0.2) is 0 Å². The van der Waals surface area contributed by atoms with Crippen molar-refractivity contribution in [2.24, 2.45) is 35.0 Å². The van der Waals surface area contributed by atoms with Crippen LogP contribution in [0.25, 0.3) is 0 Å². The highest BCUT2D eigenvalue weighted by Crippen LogP contribution is 2.23. The highest BCUT2D eigenvalue weighted by molar-refractivity contribution is 4.65. The molecule has 0 bridgehead atoms. The fourth-order valence-electron chi connectivity index (χ4n) is 1.11. The van der Waals surface area contributed by atoms with Gasteiger partial charge < -0.3 is 9.47 Å². The van der Waals surface area contributed by atoms with E-state index < -0.39 is 0 Å². The Morgan fingerprint density at radius 1 is 0.500 bits per heavy atom. The quantitative estimate of drug-likeness (QED) is 0.406. The Balaban J connectivity index is -0.000000166. The molecule has 0 radical (unpaired) electrons. The SMILES string of the molecule is CC(C)C(C)(C)C.CC(C)C(C)C.CC(C)C(C)OC(C)(C)C.CC(C)COC(C)(C)C. The monoisotopic (exact) mass is 461 g/mol. The van der Waals surface area contributed by atoms with Crippen molar-refractivity contribution < 1.29 is 9.47 Å². The summed E-state index contributed by atoms with van der Waals surface area (Å²) >= 11 is 0. The summed E-state index contributed by atoms with van der Waals surface area (Å²) in [6.07, 6.45) is 0.361. The van der Waals surface area contributed by atoms with E-state index in [2.05, 4.69) is 138 Å². The van der Waals surface area contributed by atoms with Gasteiger partial charge in [-0.25, -0.2) is 0 Å². The van der Waals surface area contributed by atoms with E-state index in [0.29, 0.717) is 23.4 Å². The summed E-state index contributed by atoms with van der Waals surface area (Å²) in [7, 11) is 0. The van der Waals surface area contributed by atoms with Crippen LogP contribution in [0.5, 0.6) is 0 Å². The van der Waals surface area contributed by atoms with Gasteiger partial charge in [-0.05, 0) is 83.5 Å². The average Bonchev–Trinajstić information content (AvgIpc) is 2.51. The first kappa shape index (κ1) is 39.1. The van der Waals surface area contributed by atoms with E-state index in [9.17, 15) is 0 Å². The van der Waals surface area contributed by atoms with Gasteiger partial charge in [0.2, 0.25) is 0 Å². The van der Waals surface area contributed by atoms with Crippen LogP contribution in [0.3, 0.4) is 0 Å². The maximum atomic E-state index is 5.70. The molecule has 0 spiro atoms. The van der Waals surface area contributed by atoms with Crippen LogP contribution in [0.1, 0.15) is 138 Å². The summed E-state index contributed by atoms with van der Waals surface area (Å²) in [6.45, 7) is 44.4. The molecule has 0 aromatic rings. The van der Waals surface area contributed by atoms with Gasteiger partial charge in [-0.3, -0.25) is 0 Å². The Kier molecular flexibility index (Phi) is 22.4. The van der Waals surface area contributed by atoms with Crippen LogP contribution >= 0.6 is 0 Å². The van der Waals surface area contributed by atoms with Gasteiger partial charge in [-0.15, -0.1) is 0 Å². The predicted molar refractivity (Wildman–Crippen MR) is 150 cm³/mol. The molecule has 0 aliphatic carbocycles. The van der Waals surface area contributed by atoms with E-state index in [1.54, 1.807) is 0 Å². The van der Waals surface area contributed by atoms with E-state index in [0.717, 1.165) is 24.4 Å². The maximum absolute atomic E-state index is 5.70. The lowest BCUT2D eigenvalue weighted by Gasteiger charge is -2.27. The minimum Gasteiger partial charge on any atom is -0.376 e. The summed E-state index contributed by atoms with van der Waals surface area (Å²) < 4.78 is 11.2. The molecular weight excluding hydrogens is 392 g/mol. The Hall–Kier alpha value is -0.0800. The summed E-state index contributed by atoms with van der Waals surface area (Å²) in [5.74, 6) is 3.76. The van der Waals surface area contributed by atoms with Crippen LogP contribution in [0, 0.1) is 35.0 Å². The van der Waals surface area contributed by atoms with Gasteiger partial charge in [0, 0.05) is 6.61 Å². The number of hydrogen-bond acceptors (Lipinski definition) is 2. The van der Waals surface area contributed by atoms with Crippen molar-refractivity contribution in [3.8, 4) is 0 Å². The Bertz CT molecular complexity index is 379.